The molecule has 0 amide bonds. The van der Waals surface area contributed by atoms with Gasteiger partial charge in [0.25, 0.3) is 0 Å². The highest BCUT2D eigenvalue weighted by Crippen LogP contribution is 2.41. The highest BCUT2D eigenvalue weighted by molar-refractivity contribution is 6.29. The third-order valence-electron chi connectivity index (χ3n) is 5.57. The Hall–Kier alpha value is -4.28. The van der Waals surface area contributed by atoms with E-state index in [4.69, 9.17) is 4.74 Å². The first kappa shape index (κ1) is 17.8. The molecule has 0 fully saturated rings. The van der Waals surface area contributed by atoms with Crippen molar-refractivity contribution in [3.63, 3.8) is 0 Å². The first-order chi connectivity index (χ1) is 14.7. The molecular weight excluding hydrogens is 372 g/mol. The Kier molecular flexibility index (Phi) is 3.95. The summed E-state index contributed by atoms with van der Waals surface area (Å²) in [5.74, 6) is 0.976. The number of rotatable bonds is 2. The van der Waals surface area contributed by atoms with E-state index in [9.17, 15) is 15.6 Å². The number of phenolic OH excluding ortho intramolecular Hbond substituents is 1. The van der Waals surface area contributed by atoms with Crippen LogP contribution in [0.1, 0.15) is 18.1 Å². The average molecular weight is 388 g/mol. The van der Waals surface area contributed by atoms with Crippen molar-refractivity contribution in [1.82, 2.24) is 0 Å². The molecule has 0 spiro atoms. The summed E-state index contributed by atoms with van der Waals surface area (Å²) >= 11 is 0. The van der Waals surface area contributed by atoms with E-state index in [1.54, 1.807) is 12.1 Å². The zero-order chi connectivity index (χ0) is 20.8. The van der Waals surface area contributed by atoms with E-state index in [-0.39, 0.29) is 5.75 Å². The third-order valence-corrected chi connectivity index (χ3v) is 5.57. The molecule has 4 nitrogen and oxygen atoms in total. The van der Waals surface area contributed by atoms with E-state index < -0.39 is 0 Å². The van der Waals surface area contributed by atoms with Crippen LogP contribution >= 0.6 is 0 Å². The van der Waals surface area contributed by atoms with E-state index in [0.717, 1.165) is 48.8 Å². The number of nitrogens with zero attached hydrogens (tertiary/aromatic N) is 2. The lowest BCUT2D eigenvalue weighted by Crippen LogP contribution is -1.94. The molecule has 0 aromatic heterocycles. The molecule has 5 aromatic rings. The van der Waals surface area contributed by atoms with Crippen LogP contribution in [0.25, 0.3) is 43.1 Å². The van der Waals surface area contributed by atoms with E-state index in [0.29, 0.717) is 17.7 Å². The van der Waals surface area contributed by atoms with Crippen molar-refractivity contribution >= 4 is 43.1 Å². The molecule has 1 N–H and O–H groups in total. The minimum absolute atomic E-state index is 0.187. The van der Waals surface area contributed by atoms with Crippen LogP contribution in [0.2, 0.25) is 0 Å². The Morgan fingerprint density at radius 2 is 1.27 bits per heavy atom. The quantitative estimate of drug-likeness (QED) is 0.368. The molecule has 0 aliphatic carbocycles. The summed E-state index contributed by atoms with van der Waals surface area (Å²) in [4.78, 5) is 0. The van der Waals surface area contributed by atoms with Gasteiger partial charge in [-0.3, -0.25) is 0 Å². The van der Waals surface area contributed by atoms with Gasteiger partial charge in [-0.25, -0.2) is 0 Å². The normalized spacial score (nSPS) is 11.0. The van der Waals surface area contributed by atoms with Crippen molar-refractivity contribution in [2.45, 2.75) is 6.92 Å². The fourth-order valence-electron chi connectivity index (χ4n) is 4.34. The Labute approximate surface area is 172 Å². The molecule has 30 heavy (non-hydrogen) atoms. The molecule has 5 rings (SSSR count). The molecule has 0 atom stereocenters. The molecule has 4 heteroatoms. The van der Waals surface area contributed by atoms with Crippen molar-refractivity contribution in [2.24, 2.45) is 0 Å². The number of hydrogen-bond donors (Lipinski definition) is 1. The highest BCUT2D eigenvalue weighted by atomic mass is 16.5. The SMILES string of the molecule is CCOc1ccc2c(ccc3c(C#N)c(C#N)c4ccc5cc(O)ccc5c4c32)c1. The van der Waals surface area contributed by atoms with Gasteiger partial charge in [-0.05, 0) is 63.5 Å². The summed E-state index contributed by atoms with van der Waals surface area (Å²) in [7, 11) is 0. The molecule has 0 radical (unpaired) electrons. The molecule has 142 valence electrons. The molecular formula is C26H16N2O2. The molecule has 0 saturated heterocycles. The fourth-order valence-corrected chi connectivity index (χ4v) is 4.34. The Morgan fingerprint density at radius 3 is 1.83 bits per heavy atom. The molecule has 0 saturated carbocycles. The molecule has 0 bridgehead atoms. The van der Waals surface area contributed by atoms with E-state index in [1.807, 2.05) is 55.5 Å². The van der Waals surface area contributed by atoms with Crippen molar-refractivity contribution < 1.29 is 9.84 Å². The second-order valence-electron chi connectivity index (χ2n) is 7.17. The van der Waals surface area contributed by atoms with Crippen molar-refractivity contribution in [3.8, 4) is 23.6 Å². The number of fused-ring (bicyclic) bond motifs is 7. The number of ether oxygens (including phenoxy) is 1. The summed E-state index contributed by atoms with van der Waals surface area (Å²) in [6.07, 6.45) is 0. The monoisotopic (exact) mass is 388 g/mol. The summed E-state index contributed by atoms with van der Waals surface area (Å²) < 4.78 is 5.66. The Morgan fingerprint density at radius 1 is 0.733 bits per heavy atom. The second kappa shape index (κ2) is 6.65. The minimum atomic E-state index is 0.187. The van der Waals surface area contributed by atoms with Gasteiger partial charge in [0.2, 0.25) is 0 Å². The summed E-state index contributed by atoms with van der Waals surface area (Å²) in [6, 6.07) is 23.3. The maximum atomic E-state index is 9.94. The van der Waals surface area contributed by atoms with Crippen LogP contribution in [-0.4, -0.2) is 11.7 Å². The van der Waals surface area contributed by atoms with Crippen molar-refractivity contribution in [2.75, 3.05) is 6.61 Å². The van der Waals surface area contributed by atoms with Crippen LogP contribution in [0.15, 0.2) is 60.7 Å². The van der Waals surface area contributed by atoms with Crippen LogP contribution in [-0.2, 0) is 0 Å². The molecule has 0 aliphatic heterocycles. The highest BCUT2D eigenvalue weighted by Gasteiger charge is 2.18. The topological polar surface area (TPSA) is 77.0 Å². The van der Waals surface area contributed by atoms with Crippen LogP contribution in [0, 0.1) is 22.7 Å². The van der Waals surface area contributed by atoms with E-state index >= 15 is 0 Å². The number of hydrogen-bond acceptors (Lipinski definition) is 4. The maximum Gasteiger partial charge on any atom is 0.119 e. The predicted octanol–water partition coefficient (Wildman–Crippen LogP) is 6.15. The lowest BCUT2D eigenvalue weighted by molar-refractivity contribution is 0.341. The Bertz CT molecular complexity index is 1590. The largest absolute Gasteiger partial charge is 0.508 e. The van der Waals surface area contributed by atoms with Crippen molar-refractivity contribution in [3.05, 3.63) is 71.8 Å². The maximum absolute atomic E-state index is 9.94. The third kappa shape index (κ3) is 2.45. The summed E-state index contributed by atoms with van der Waals surface area (Å²) in [5, 5.41) is 36.8. The number of nitriles is 2. The van der Waals surface area contributed by atoms with Crippen LogP contribution in [0.4, 0.5) is 0 Å². The number of aromatic hydroxyl groups is 1. The van der Waals surface area contributed by atoms with Gasteiger partial charge in [0.15, 0.2) is 0 Å². The number of benzene rings is 5. The fraction of sp³-hybridized carbons (Fsp3) is 0.0769. The Balaban J connectivity index is 2.10. The van der Waals surface area contributed by atoms with Gasteiger partial charge in [-0.1, -0.05) is 36.4 Å². The van der Waals surface area contributed by atoms with E-state index in [1.165, 1.54) is 0 Å². The van der Waals surface area contributed by atoms with E-state index in [2.05, 4.69) is 12.1 Å². The van der Waals surface area contributed by atoms with Gasteiger partial charge < -0.3 is 9.84 Å². The molecule has 0 unspecified atom stereocenters. The zero-order valence-corrected chi connectivity index (χ0v) is 16.2. The molecule has 0 aliphatic rings. The molecule has 5 aromatic carbocycles. The zero-order valence-electron chi connectivity index (χ0n) is 16.2. The standard InChI is InChI=1S/C26H16N2O2/c1-2-30-18-6-10-20-16(12-18)4-8-22-24(14-28)23(13-27)21-7-3-15-11-17(29)5-9-19(15)25(21)26(20)22/h3-12,29H,2H2,1H3. The van der Waals surface area contributed by atoms with Gasteiger partial charge in [-0.2, -0.15) is 10.5 Å². The van der Waals surface area contributed by atoms with Crippen molar-refractivity contribution in [1.29, 1.82) is 10.5 Å². The average Bonchev–Trinajstić information content (AvgIpc) is 2.77. The molecule has 0 heterocycles. The van der Waals surface area contributed by atoms with Crippen LogP contribution in [0.5, 0.6) is 11.5 Å². The first-order valence-electron chi connectivity index (χ1n) is 9.67. The second-order valence-corrected chi connectivity index (χ2v) is 7.17. The number of phenols is 1. The van der Waals surface area contributed by atoms with Gasteiger partial charge in [0.05, 0.1) is 17.7 Å². The van der Waals surface area contributed by atoms with Gasteiger partial charge in [-0.15, -0.1) is 0 Å². The lowest BCUT2D eigenvalue weighted by atomic mass is 9.87. The lowest BCUT2D eigenvalue weighted by Gasteiger charge is -2.15. The van der Waals surface area contributed by atoms with Gasteiger partial charge >= 0.3 is 0 Å². The summed E-state index contributed by atoms with van der Waals surface area (Å²) in [5.41, 5.74) is 0.758. The first-order valence-corrected chi connectivity index (χ1v) is 9.67. The van der Waals surface area contributed by atoms with Gasteiger partial charge in [0, 0.05) is 10.8 Å². The predicted molar refractivity (Wildman–Crippen MR) is 119 cm³/mol. The van der Waals surface area contributed by atoms with Gasteiger partial charge in [0.1, 0.15) is 23.6 Å². The summed E-state index contributed by atoms with van der Waals surface area (Å²) in [6.45, 7) is 2.53. The van der Waals surface area contributed by atoms with Crippen LogP contribution < -0.4 is 4.74 Å². The smallest absolute Gasteiger partial charge is 0.119 e. The minimum Gasteiger partial charge on any atom is -0.508 e. The van der Waals surface area contributed by atoms with Crippen LogP contribution in [0.3, 0.4) is 0 Å².